The number of hydrogen-bond acceptors (Lipinski definition) is 5. The number of benzene rings is 1. The Morgan fingerprint density at radius 3 is 2.56 bits per heavy atom. The van der Waals surface area contributed by atoms with Crippen LogP contribution in [0.2, 0.25) is 0 Å². The predicted molar refractivity (Wildman–Crippen MR) is 103 cm³/mol. The molecule has 3 aromatic rings. The van der Waals surface area contributed by atoms with Gasteiger partial charge in [-0.3, -0.25) is 14.2 Å². The van der Waals surface area contributed by atoms with Gasteiger partial charge in [0.05, 0.1) is 16.6 Å². The van der Waals surface area contributed by atoms with Crippen molar-refractivity contribution >= 4 is 38.8 Å². The Labute approximate surface area is 149 Å². The smallest absolute Gasteiger partial charge is 0.266 e. The highest BCUT2D eigenvalue weighted by Gasteiger charge is 2.19. The van der Waals surface area contributed by atoms with E-state index in [1.54, 1.807) is 11.5 Å². The van der Waals surface area contributed by atoms with Crippen LogP contribution >= 0.6 is 11.3 Å². The Morgan fingerprint density at radius 1 is 1.28 bits per heavy atom. The van der Waals surface area contributed by atoms with Crippen LogP contribution in [-0.2, 0) is 6.54 Å². The first-order valence-corrected chi connectivity index (χ1v) is 8.81. The third-order valence-corrected chi connectivity index (χ3v) is 5.30. The number of nitrogens with zero attached hydrogens (tertiary/aromatic N) is 3. The maximum atomic E-state index is 12.6. The van der Waals surface area contributed by atoms with E-state index in [1.807, 2.05) is 50.2 Å². The van der Waals surface area contributed by atoms with Gasteiger partial charge in [-0.05, 0) is 43.7 Å². The van der Waals surface area contributed by atoms with Crippen LogP contribution in [0, 0.1) is 6.92 Å². The second kappa shape index (κ2) is 6.68. The van der Waals surface area contributed by atoms with Crippen LogP contribution in [-0.4, -0.2) is 29.6 Å². The second-order valence-corrected chi connectivity index (χ2v) is 6.97. The molecule has 0 fully saturated rings. The van der Waals surface area contributed by atoms with Gasteiger partial charge < -0.3 is 10.2 Å². The Kier molecular flexibility index (Phi) is 4.59. The van der Waals surface area contributed by atoms with Crippen molar-refractivity contribution in [2.24, 2.45) is 0 Å². The number of aryl methyl sites for hydroxylation is 2. The Hall–Kier alpha value is -2.67. The average Bonchev–Trinajstić information content (AvgIpc) is 2.93. The second-order valence-electron chi connectivity index (χ2n) is 5.97. The molecule has 1 aromatic carbocycles. The number of hydrogen-bond donors (Lipinski definition) is 1. The Morgan fingerprint density at radius 2 is 1.96 bits per heavy atom. The van der Waals surface area contributed by atoms with Gasteiger partial charge in [-0.1, -0.05) is 0 Å². The molecule has 2 heterocycles. The third-order valence-electron chi connectivity index (χ3n) is 4.11. The molecule has 0 aliphatic carbocycles. The highest BCUT2D eigenvalue weighted by molar-refractivity contribution is 7.20. The molecular weight excluding hydrogens is 336 g/mol. The number of fused-ring (bicyclic) bond motifs is 1. The van der Waals surface area contributed by atoms with E-state index in [-0.39, 0.29) is 11.5 Å². The summed E-state index contributed by atoms with van der Waals surface area (Å²) in [4.78, 5) is 32.5. The highest BCUT2D eigenvalue weighted by Crippen LogP contribution is 2.27. The fourth-order valence-electron chi connectivity index (χ4n) is 2.63. The molecule has 2 aromatic heterocycles. The van der Waals surface area contributed by atoms with Crippen molar-refractivity contribution in [3.05, 3.63) is 51.4 Å². The first kappa shape index (κ1) is 17.2. The van der Waals surface area contributed by atoms with Crippen LogP contribution in [0.15, 0.2) is 35.4 Å². The highest BCUT2D eigenvalue weighted by atomic mass is 32.1. The van der Waals surface area contributed by atoms with E-state index in [2.05, 4.69) is 10.3 Å². The number of rotatable bonds is 4. The number of thiophene rings is 1. The van der Waals surface area contributed by atoms with Crippen LogP contribution in [0.3, 0.4) is 0 Å². The van der Waals surface area contributed by atoms with E-state index in [0.717, 1.165) is 5.69 Å². The van der Waals surface area contributed by atoms with Crippen molar-refractivity contribution in [1.82, 2.24) is 9.55 Å². The molecule has 3 rings (SSSR count). The summed E-state index contributed by atoms with van der Waals surface area (Å²) in [5.74, 6) is -0.222. The van der Waals surface area contributed by atoms with Gasteiger partial charge in [0.2, 0.25) is 0 Å². The summed E-state index contributed by atoms with van der Waals surface area (Å²) in [7, 11) is 3.93. The SMILES string of the molecule is CCn1cnc2sc(C(=O)Nc3ccc(N(C)C)cc3)c(C)c2c1=O. The summed E-state index contributed by atoms with van der Waals surface area (Å²) in [6.07, 6.45) is 1.53. The summed E-state index contributed by atoms with van der Waals surface area (Å²) >= 11 is 1.25. The molecule has 0 unspecified atom stereocenters. The largest absolute Gasteiger partial charge is 0.378 e. The molecule has 0 saturated carbocycles. The van der Waals surface area contributed by atoms with Crippen molar-refractivity contribution in [2.45, 2.75) is 20.4 Å². The van der Waals surface area contributed by atoms with Crippen LogP contribution in [0.25, 0.3) is 10.2 Å². The lowest BCUT2D eigenvalue weighted by Gasteiger charge is -2.13. The lowest BCUT2D eigenvalue weighted by atomic mass is 10.2. The molecule has 1 amide bonds. The van der Waals surface area contributed by atoms with Crippen molar-refractivity contribution in [3.8, 4) is 0 Å². The first-order valence-electron chi connectivity index (χ1n) is 7.99. The Balaban J connectivity index is 1.93. The van der Waals surface area contributed by atoms with Gasteiger partial charge in [0.15, 0.2) is 0 Å². The van der Waals surface area contributed by atoms with E-state index in [1.165, 1.54) is 17.7 Å². The lowest BCUT2D eigenvalue weighted by Crippen LogP contribution is -2.19. The number of aromatic nitrogens is 2. The van der Waals surface area contributed by atoms with Gasteiger partial charge in [-0.25, -0.2) is 4.98 Å². The lowest BCUT2D eigenvalue weighted by molar-refractivity contribution is 0.103. The third kappa shape index (κ3) is 3.15. The van der Waals surface area contributed by atoms with Crippen molar-refractivity contribution < 1.29 is 4.79 Å². The molecule has 6 nitrogen and oxygen atoms in total. The van der Waals surface area contributed by atoms with Gasteiger partial charge in [-0.2, -0.15) is 0 Å². The number of anilines is 2. The quantitative estimate of drug-likeness (QED) is 0.780. The summed E-state index contributed by atoms with van der Waals surface area (Å²) < 4.78 is 1.55. The number of amides is 1. The first-order chi connectivity index (χ1) is 11.9. The van der Waals surface area contributed by atoms with Crippen LogP contribution in [0.1, 0.15) is 22.2 Å². The van der Waals surface area contributed by atoms with E-state index in [9.17, 15) is 9.59 Å². The Bertz CT molecular complexity index is 987. The molecule has 25 heavy (non-hydrogen) atoms. The minimum atomic E-state index is -0.222. The maximum absolute atomic E-state index is 12.6. The maximum Gasteiger partial charge on any atom is 0.266 e. The fraction of sp³-hybridized carbons (Fsp3) is 0.278. The normalized spacial score (nSPS) is 10.9. The van der Waals surface area contributed by atoms with Crippen LogP contribution in [0.4, 0.5) is 11.4 Å². The molecule has 0 saturated heterocycles. The zero-order valence-electron chi connectivity index (χ0n) is 14.7. The molecule has 0 radical (unpaired) electrons. The minimum Gasteiger partial charge on any atom is -0.378 e. The molecule has 0 aliphatic rings. The predicted octanol–water partition coefficient (Wildman–Crippen LogP) is 3.10. The van der Waals surface area contributed by atoms with Gasteiger partial charge in [0, 0.05) is 32.0 Å². The molecule has 0 atom stereocenters. The van der Waals surface area contributed by atoms with Crippen LogP contribution in [0.5, 0.6) is 0 Å². The molecule has 0 spiro atoms. The van der Waals surface area contributed by atoms with Crippen molar-refractivity contribution in [1.29, 1.82) is 0 Å². The molecule has 0 aliphatic heterocycles. The van der Waals surface area contributed by atoms with E-state index in [4.69, 9.17) is 0 Å². The summed E-state index contributed by atoms with van der Waals surface area (Å²) in [5.41, 5.74) is 2.35. The monoisotopic (exact) mass is 356 g/mol. The fourth-order valence-corrected chi connectivity index (χ4v) is 3.67. The van der Waals surface area contributed by atoms with Gasteiger partial charge in [-0.15, -0.1) is 11.3 Å². The summed E-state index contributed by atoms with van der Waals surface area (Å²) in [6, 6.07) is 7.60. The minimum absolute atomic E-state index is 0.101. The molecule has 7 heteroatoms. The molecule has 130 valence electrons. The molecule has 0 bridgehead atoms. The van der Waals surface area contributed by atoms with Crippen molar-refractivity contribution in [2.75, 3.05) is 24.3 Å². The average molecular weight is 356 g/mol. The van der Waals surface area contributed by atoms with E-state index in [0.29, 0.717) is 32.9 Å². The topological polar surface area (TPSA) is 67.2 Å². The zero-order chi connectivity index (χ0) is 18.1. The number of carbonyl (C=O) groups is 1. The van der Waals surface area contributed by atoms with Crippen LogP contribution < -0.4 is 15.8 Å². The summed E-state index contributed by atoms with van der Waals surface area (Å²) in [6.45, 7) is 4.24. The molecule has 1 N–H and O–H groups in total. The number of nitrogens with one attached hydrogen (secondary N) is 1. The summed E-state index contributed by atoms with van der Waals surface area (Å²) in [5, 5.41) is 3.42. The molecular formula is C18H20N4O2S. The number of carbonyl (C=O) groups excluding carboxylic acids is 1. The van der Waals surface area contributed by atoms with Crippen molar-refractivity contribution in [3.63, 3.8) is 0 Å². The van der Waals surface area contributed by atoms with Gasteiger partial charge >= 0.3 is 0 Å². The van der Waals surface area contributed by atoms with Gasteiger partial charge in [0.25, 0.3) is 11.5 Å². The standard InChI is InChI=1S/C18H20N4O2S/c1-5-22-10-19-17-14(18(22)24)11(2)15(25-17)16(23)20-12-6-8-13(9-7-12)21(3)4/h6-10H,5H2,1-4H3,(H,20,23). The van der Waals surface area contributed by atoms with Gasteiger partial charge in [0.1, 0.15) is 4.83 Å². The van der Waals surface area contributed by atoms with E-state index >= 15 is 0 Å². The van der Waals surface area contributed by atoms with E-state index < -0.39 is 0 Å². The zero-order valence-corrected chi connectivity index (χ0v) is 15.5.